The fourth-order valence-electron chi connectivity index (χ4n) is 2.94. The maximum atomic E-state index is 12.4. The quantitative estimate of drug-likeness (QED) is 0.693. The van der Waals surface area contributed by atoms with Gasteiger partial charge in [0.25, 0.3) is 0 Å². The Morgan fingerprint density at radius 3 is 2.29 bits per heavy atom. The lowest BCUT2D eigenvalue weighted by atomic mass is 9.90. The zero-order chi connectivity index (χ0) is 12.4. The molecule has 0 saturated heterocycles. The minimum Gasteiger partial charge on any atom is -0.464 e. The van der Waals surface area contributed by atoms with Crippen LogP contribution in [0.3, 0.4) is 0 Å². The first kappa shape index (κ1) is 10.8. The van der Waals surface area contributed by atoms with Crippen molar-refractivity contribution in [2.45, 2.75) is 38.8 Å². The van der Waals surface area contributed by atoms with E-state index in [1.165, 1.54) is 5.06 Å². The Balaban J connectivity index is 2.38. The summed E-state index contributed by atoms with van der Waals surface area (Å²) in [5, 5.41) is 14.6. The highest BCUT2D eigenvalue weighted by molar-refractivity contribution is 5.80. The van der Waals surface area contributed by atoms with E-state index in [1.54, 1.807) is 6.26 Å². The van der Waals surface area contributed by atoms with Gasteiger partial charge in [-0.2, -0.15) is 0 Å². The summed E-state index contributed by atoms with van der Waals surface area (Å²) >= 11 is 0. The van der Waals surface area contributed by atoms with E-state index in [1.807, 2.05) is 39.8 Å². The first-order valence-corrected chi connectivity index (χ1v) is 5.85. The van der Waals surface area contributed by atoms with Crippen LogP contribution in [0.2, 0.25) is 0 Å². The van der Waals surface area contributed by atoms with Gasteiger partial charge in [0.2, 0.25) is 0 Å². The molecule has 0 bridgehead atoms. The monoisotopic (exact) mass is 230 g/mol. The smallest absolute Gasteiger partial charge is 0.134 e. The normalized spacial score (nSPS) is 21.9. The van der Waals surface area contributed by atoms with Gasteiger partial charge in [-0.15, -0.1) is 10.3 Å². The van der Waals surface area contributed by atoms with Crippen molar-refractivity contribution in [3.8, 4) is 0 Å². The summed E-state index contributed by atoms with van der Waals surface area (Å²) in [6, 6.07) is 6.02. The zero-order valence-corrected chi connectivity index (χ0v) is 10.6. The van der Waals surface area contributed by atoms with Gasteiger partial charge in [-0.3, -0.25) is 0 Å². The first-order valence-electron chi connectivity index (χ1n) is 5.85. The minimum absolute atomic E-state index is 0.482. The number of rotatable bonds is 0. The van der Waals surface area contributed by atoms with E-state index in [0.717, 1.165) is 22.1 Å². The summed E-state index contributed by atoms with van der Waals surface area (Å²) in [4.78, 5) is 0. The predicted molar refractivity (Wildman–Crippen MR) is 64.8 cm³/mol. The number of furan rings is 1. The van der Waals surface area contributed by atoms with Crippen molar-refractivity contribution in [3.63, 3.8) is 0 Å². The summed E-state index contributed by atoms with van der Waals surface area (Å²) < 4.78 is 5.42. The van der Waals surface area contributed by atoms with Crippen LogP contribution in [0, 0.1) is 0 Å². The molecule has 0 fully saturated rings. The van der Waals surface area contributed by atoms with E-state index in [-0.39, 0.29) is 0 Å². The Kier molecular flexibility index (Phi) is 1.86. The second-order valence-corrected chi connectivity index (χ2v) is 5.77. The van der Waals surface area contributed by atoms with Crippen molar-refractivity contribution in [1.29, 1.82) is 0 Å². The standard InChI is InChI=1S/C14H16NO2/c1-13(2)10-7-9-5-6-17-12(9)8-11(10)14(3,4)15(13)16/h5-8H,1-4H3. The van der Waals surface area contributed by atoms with Crippen molar-refractivity contribution in [1.82, 2.24) is 5.06 Å². The number of benzene rings is 1. The second kappa shape index (κ2) is 2.92. The highest BCUT2D eigenvalue weighted by Crippen LogP contribution is 2.49. The molecule has 0 atom stereocenters. The summed E-state index contributed by atoms with van der Waals surface area (Å²) in [6.07, 6.45) is 1.69. The fraction of sp³-hybridized carbons (Fsp3) is 0.429. The molecular formula is C14H16NO2. The van der Waals surface area contributed by atoms with E-state index in [4.69, 9.17) is 4.42 Å². The zero-order valence-electron chi connectivity index (χ0n) is 10.6. The fourth-order valence-corrected chi connectivity index (χ4v) is 2.94. The van der Waals surface area contributed by atoms with E-state index in [0.29, 0.717) is 0 Å². The molecule has 0 amide bonds. The van der Waals surface area contributed by atoms with Gasteiger partial charge in [-0.1, -0.05) is 0 Å². The van der Waals surface area contributed by atoms with Gasteiger partial charge in [0.15, 0.2) is 0 Å². The van der Waals surface area contributed by atoms with Crippen LogP contribution in [-0.2, 0) is 16.3 Å². The summed E-state index contributed by atoms with van der Waals surface area (Å²) in [7, 11) is 0. The topological polar surface area (TPSA) is 36.3 Å². The maximum absolute atomic E-state index is 12.4. The molecular weight excluding hydrogens is 214 g/mol. The van der Waals surface area contributed by atoms with E-state index in [2.05, 4.69) is 6.07 Å². The SMILES string of the molecule is CC1(C)c2cc3ccoc3cc2C(C)(C)N1[O]. The third kappa shape index (κ3) is 1.18. The molecule has 3 heteroatoms. The molecule has 0 N–H and O–H groups in total. The van der Waals surface area contributed by atoms with E-state index >= 15 is 0 Å². The highest BCUT2D eigenvalue weighted by Gasteiger charge is 2.50. The number of hydrogen-bond donors (Lipinski definition) is 0. The summed E-state index contributed by atoms with van der Waals surface area (Å²) in [5.41, 5.74) is 2.04. The molecule has 1 aromatic carbocycles. The van der Waals surface area contributed by atoms with Crippen molar-refractivity contribution in [2.24, 2.45) is 0 Å². The Morgan fingerprint density at radius 1 is 1.06 bits per heavy atom. The van der Waals surface area contributed by atoms with Gasteiger partial charge in [0.1, 0.15) is 5.58 Å². The number of fused-ring (bicyclic) bond motifs is 2. The van der Waals surface area contributed by atoms with Crippen molar-refractivity contribution in [3.05, 3.63) is 35.6 Å². The molecule has 17 heavy (non-hydrogen) atoms. The van der Waals surface area contributed by atoms with E-state index in [9.17, 15) is 5.21 Å². The highest BCUT2D eigenvalue weighted by atomic mass is 16.5. The van der Waals surface area contributed by atoms with Crippen molar-refractivity contribution >= 4 is 11.0 Å². The second-order valence-electron chi connectivity index (χ2n) is 5.77. The van der Waals surface area contributed by atoms with E-state index < -0.39 is 11.1 Å². The molecule has 2 heterocycles. The number of hydrogen-bond acceptors (Lipinski definition) is 2. The molecule has 0 unspecified atom stereocenters. The average Bonchev–Trinajstić information content (AvgIpc) is 2.76. The Labute approximate surface area is 101 Å². The van der Waals surface area contributed by atoms with Gasteiger partial charge >= 0.3 is 0 Å². The summed E-state index contributed by atoms with van der Waals surface area (Å²) in [5.74, 6) is 0. The number of nitrogens with zero attached hydrogens (tertiary/aromatic N) is 1. The third-order valence-corrected chi connectivity index (χ3v) is 3.93. The average molecular weight is 230 g/mol. The molecule has 0 saturated carbocycles. The molecule has 1 aliphatic heterocycles. The number of hydroxylamine groups is 2. The van der Waals surface area contributed by atoms with Gasteiger partial charge in [-0.25, -0.2) is 0 Å². The summed E-state index contributed by atoms with van der Waals surface area (Å²) in [6.45, 7) is 7.86. The third-order valence-electron chi connectivity index (χ3n) is 3.93. The van der Waals surface area contributed by atoms with Gasteiger partial charge in [0.05, 0.1) is 17.3 Å². The van der Waals surface area contributed by atoms with Crippen LogP contribution < -0.4 is 0 Å². The molecule has 3 nitrogen and oxygen atoms in total. The first-order chi connectivity index (χ1) is 7.85. The lowest BCUT2D eigenvalue weighted by Crippen LogP contribution is -2.41. The Bertz CT molecular complexity index is 545. The van der Waals surface area contributed by atoms with Gasteiger partial charge in [-0.05, 0) is 57.0 Å². The van der Waals surface area contributed by atoms with Crippen molar-refractivity contribution in [2.75, 3.05) is 0 Å². The van der Waals surface area contributed by atoms with Crippen molar-refractivity contribution < 1.29 is 9.62 Å². The molecule has 0 aliphatic carbocycles. The maximum Gasteiger partial charge on any atom is 0.134 e. The van der Waals surface area contributed by atoms with Crippen LogP contribution in [0.25, 0.3) is 11.0 Å². The molecule has 0 spiro atoms. The lowest BCUT2D eigenvalue weighted by molar-refractivity contribution is -0.266. The molecule has 1 radical (unpaired) electrons. The molecule has 3 rings (SSSR count). The Hall–Kier alpha value is -1.32. The Morgan fingerprint density at radius 2 is 1.65 bits per heavy atom. The van der Waals surface area contributed by atoms with Gasteiger partial charge in [0, 0.05) is 5.39 Å². The molecule has 1 aromatic heterocycles. The molecule has 1 aliphatic rings. The van der Waals surface area contributed by atoms with Gasteiger partial charge < -0.3 is 4.42 Å². The van der Waals surface area contributed by atoms with Crippen LogP contribution in [-0.4, -0.2) is 5.06 Å². The molecule has 2 aromatic rings. The predicted octanol–water partition coefficient (Wildman–Crippen LogP) is 3.56. The van der Waals surface area contributed by atoms with Crippen LogP contribution in [0.1, 0.15) is 38.8 Å². The largest absolute Gasteiger partial charge is 0.464 e. The molecule has 89 valence electrons. The lowest BCUT2D eigenvalue weighted by Gasteiger charge is -2.32. The van der Waals surface area contributed by atoms with Crippen LogP contribution in [0.15, 0.2) is 28.9 Å². The van der Waals surface area contributed by atoms with Crippen LogP contribution in [0.5, 0.6) is 0 Å². The minimum atomic E-state index is -0.500. The van der Waals surface area contributed by atoms with Crippen LogP contribution >= 0.6 is 0 Å². The van der Waals surface area contributed by atoms with Crippen LogP contribution in [0.4, 0.5) is 0 Å².